The third-order valence-electron chi connectivity index (χ3n) is 27.7. The Morgan fingerprint density at radius 3 is 1.18 bits per heavy atom. The Bertz CT molecular complexity index is 8870. The maximum absolute atomic E-state index is 6.15. The first-order valence-electron chi connectivity index (χ1n) is 47.5. The minimum absolute atomic E-state index is 0.937. The Morgan fingerprint density at radius 1 is 0.254 bits per heavy atom. The van der Waals surface area contributed by atoms with E-state index in [0.29, 0.717) is 0 Å². The molecule has 0 unspecified atom stereocenters. The van der Waals surface area contributed by atoms with Gasteiger partial charge in [-0.25, -0.2) is 0 Å². The number of anilines is 2. The highest BCUT2D eigenvalue weighted by atomic mass is 28.3. The Hall–Kier alpha value is -17.1. The zero-order valence-electron chi connectivity index (χ0n) is 78.3. The fourth-order valence-corrected chi connectivity index (χ4v) is 24.4. The first-order chi connectivity index (χ1) is 67.9. The number of fused-ring (bicyclic) bond motifs is 28. The molecule has 0 atom stereocenters. The molecule has 138 heavy (non-hydrogen) atoms. The number of pyridine rings is 2. The van der Waals surface area contributed by atoms with Gasteiger partial charge in [0.05, 0.1) is 27.6 Å². The van der Waals surface area contributed by atoms with Crippen molar-refractivity contribution in [2.24, 2.45) is 7.05 Å². The monoisotopic (exact) mass is 1790 g/mol. The summed E-state index contributed by atoms with van der Waals surface area (Å²) in [4.78, 5) is 11.1. The molecule has 0 amide bonds. The summed E-state index contributed by atoms with van der Waals surface area (Å²) in [5.74, 6) is 0. The summed E-state index contributed by atoms with van der Waals surface area (Å²) in [6, 6.07) is 171. The molecule has 1 aliphatic rings. The molecule has 7 heteroatoms. The highest BCUT2D eigenvalue weighted by Crippen LogP contribution is 2.51. The van der Waals surface area contributed by atoms with Gasteiger partial charge in [-0.2, -0.15) is 0 Å². The highest BCUT2D eigenvalue weighted by Gasteiger charge is 2.34. The second kappa shape index (κ2) is 37.4. The average molecular weight is 1790 g/mol. The topological polar surface area (TPSA) is 52.0 Å². The maximum Gasteiger partial charge on any atom is 0.145 e. The van der Waals surface area contributed by atoms with E-state index in [1.807, 2.05) is 49.5 Å². The molecule has 22 aromatic carbocycles. The molecule has 27 aromatic rings. The van der Waals surface area contributed by atoms with E-state index in [1.54, 1.807) is 0 Å². The average Bonchev–Trinajstić information content (AvgIpc) is 1.55. The van der Waals surface area contributed by atoms with Gasteiger partial charge in [0.1, 0.15) is 19.2 Å². The largest absolute Gasteiger partial charge is 0.456 e. The lowest BCUT2D eigenvalue weighted by Crippen LogP contribution is -2.64. The normalized spacial score (nSPS) is 11.4. The lowest BCUT2D eigenvalue weighted by molar-refractivity contribution is 0.669. The van der Waals surface area contributed by atoms with E-state index >= 15 is 0 Å². The number of nitrogens with zero attached hydrogens (tertiary/aromatic N) is 5. The van der Waals surface area contributed by atoms with Crippen LogP contribution < -0.4 is 20.5 Å². The molecule has 0 bridgehead atoms. The molecule has 0 fully saturated rings. The molecule has 0 spiro atoms. The maximum atomic E-state index is 6.15. The van der Waals surface area contributed by atoms with Gasteiger partial charge < -0.3 is 18.5 Å². The van der Waals surface area contributed by atoms with Crippen LogP contribution in [-0.4, -0.2) is 34.2 Å². The minimum atomic E-state index is -1.88. The minimum Gasteiger partial charge on any atom is -0.456 e. The van der Waals surface area contributed by atoms with Crippen LogP contribution in [0.3, 0.4) is 0 Å². The molecule has 6 nitrogen and oxygen atoms in total. The lowest BCUT2D eigenvalue weighted by Gasteiger charge is -2.29. The molecule has 5 aromatic heterocycles. The summed E-state index contributed by atoms with van der Waals surface area (Å²) in [7, 11) is 2.37. The van der Waals surface area contributed by atoms with Crippen LogP contribution in [0, 0.1) is 27.7 Å². The third-order valence-corrected chi connectivity index (χ3v) is 32.2. The number of furan rings is 1. The third kappa shape index (κ3) is 16.1. The molecule has 0 N–H and O–H groups in total. The van der Waals surface area contributed by atoms with Crippen LogP contribution in [0.5, 0.6) is 0 Å². The van der Waals surface area contributed by atoms with Gasteiger partial charge in [0.2, 0.25) is 0 Å². The summed E-state index contributed by atoms with van der Waals surface area (Å²) in [6.45, 7) is 10.9. The Labute approximate surface area is 804 Å². The molecular weight excluding hydrogens is 1690 g/mol. The first-order valence-corrected chi connectivity index (χ1v) is 50.0. The molecule has 0 aliphatic heterocycles. The van der Waals surface area contributed by atoms with Gasteiger partial charge in [-0.1, -0.05) is 411 Å². The Kier molecular flexibility index (Phi) is 23.4. The van der Waals surface area contributed by atoms with Crippen molar-refractivity contribution in [1.29, 1.82) is 0 Å². The SMILES string of the molecule is CN(c1ccccc1)c1ccccc1.C[Si](c1ccccc1)(c1ccccc1)c1ccccc1.Cc1ccc2c(c1)c1cc3oc4ccccc4c3cc1n2-c1ccccc1.Cc1ccc2c3ccccc3c3ccccc3c2c1.Cc1ccc2c3ccccc3c3ccccc3c2c1.Cc1ccc2ccc3cccnc3c2n1.Cn1c2ccccc2c2c3cccc4c3c(cc21)-c1ccccc1-4. The smallest absolute Gasteiger partial charge is 0.145 e. The van der Waals surface area contributed by atoms with Crippen molar-refractivity contribution >= 4 is 198 Å². The van der Waals surface area contributed by atoms with Crippen LogP contribution in [0.15, 0.2) is 490 Å². The van der Waals surface area contributed by atoms with E-state index in [0.717, 1.165) is 49.4 Å². The molecule has 1 aliphatic carbocycles. The second-order valence-electron chi connectivity index (χ2n) is 36.2. The first kappa shape index (κ1) is 86.3. The zero-order chi connectivity index (χ0) is 93.3. The van der Waals surface area contributed by atoms with Crippen LogP contribution >= 0.6 is 0 Å². The summed E-state index contributed by atoms with van der Waals surface area (Å²) >= 11 is 0. The van der Waals surface area contributed by atoms with Crippen LogP contribution in [0.1, 0.15) is 22.4 Å². The fraction of sp³-hybridized carbons (Fsp3) is 0.0534. The number of hydrogen-bond donors (Lipinski definition) is 0. The van der Waals surface area contributed by atoms with E-state index in [4.69, 9.17) is 4.42 Å². The molecule has 5 heterocycles. The van der Waals surface area contributed by atoms with Crippen molar-refractivity contribution in [2.45, 2.75) is 34.2 Å². The fourth-order valence-electron chi connectivity index (χ4n) is 20.9. The molecule has 0 saturated carbocycles. The van der Waals surface area contributed by atoms with Gasteiger partial charge in [-0.05, 0) is 232 Å². The van der Waals surface area contributed by atoms with E-state index in [9.17, 15) is 0 Å². The van der Waals surface area contributed by atoms with Crippen LogP contribution in [-0.2, 0) is 7.05 Å². The summed E-state index contributed by atoms with van der Waals surface area (Å²) in [5, 5.41) is 33.1. The molecule has 28 rings (SSSR count). The van der Waals surface area contributed by atoms with Crippen molar-refractivity contribution in [1.82, 2.24) is 19.1 Å². The van der Waals surface area contributed by atoms with Crippen LogP contribution in [0.4, 0.5) is 11.4 Å². The standard InChI is InChI=1S/C25H17NO.C23H15N.C19H18Si.2C19H14.C13H10N2.C13H13N/c1-16-11-12-22-19(13-16)20-15-25-21(18-9-5-6-10-24(18)27-25)14-23(20)26(22)17-7-3-2-4-8-17;1-24-20-12-5-4-9-17(20)23-18-11-6-10-16-14-7-2-3-8-15(14)19(22(16)18)13-21(23)24;1-20(17-11-5-2-6-12-17,18-13-7-3-8-14-18)19-15-9-4-10-16-19;2*1-13-10-11-18-16-8-3-2-6-14(16)15-7-4-5-9-17(15)19(18)12-13;1-9-4-5-11-7-6-10-3-2-8-14-12(10)13(11)15-9;1-14(12-8-4-2-5-9-12)13-10-6-3-7-11-13/h2-15H,1H3;2-13H,1H3;2-16H,1H3;2*2-12H,1H3;2-8H,1H3;2-11H,1H3. The number of aryl methyl sites for hydroxylation is 5. The van der Waals surface area contributed by atoms with Gasteiger partial charge in [-0.15, -0.1) is 0 Å². The summed E-state index contributed by atoms with van der Waals surface area (Å²) in [6.07, 6.45) is 1.81. The summed E-state index contributed by atoms with van der Waals surface area (Å²) < 4.78 is 10.8. The van der Waals surface area contributed by atoms with Gasteiger partial charge in [0.15, 0.2) is 0 Å². The van der Waals surface area contributed by atoms with Crippen molar-refractivity contribution in [2.75, 3.05) is 11.9 Å². The Balaban J connectivity index is 0.0000000939. The van der Waals surface area contributed by atoms with Crippen molar-refractivity contribution < 1.29 is 4.42 Å². The number of rotatable bonds is 6. The quantitative estimate of drug-likeness (QED) is 0.0946. The van der Waals surface area contributed by atoms with Gasteiger partial charge in [0.25, 0.3) is 0 Å². The molecular formula is C131H101N5OSi. The molecule has 0 radical (unpaired) electrons. The van der Waals surface area contributed by atoms with Crippen molar-refractivity contribution in [3.05, 3.63) is 508 Å². The number of aromatic nitrogens is 4. The zero-order valence-corrected chi connectivity index (χ0v) is 79.3. The number of benzene rings is 22. The Morgan fingerprint density at radius 2 is 0.652 bits per heavy atom. The van der Waals surface area contributed by atoms with Gasteiger partial charge >= 0.3 is 0 Å². The molecule has 0 saturated heterocycles. The predicted octanol–water partition coefficient (Wildman–Crippen LogP) is 33.4. The van der Waals surface area contributed by atoms with E-state index < -0.39 is 8.07 Å². The predicted molar refractivity (Wildman–Crippen MR) is 595 cm³/mol. The van der Waals surface area contributed by atoms with Crippen molar-refractivity contribution in [3.63, 3.8) is 0 Å². The summed E-state index contributed by atoms with van der Waals surface area (Å²) in [5.41, 5.74) is 22.9. The number of para-hydroxylation sites is 5. The van der Waals surface area contributed by atoms with Crippen LogP contribution in [0.2, 0.25) is 6.55 Å². The van der Waals surface area contributed by atoms with Gasteiger partial charge in [-0.3, -0.25) is 9.97 Å². The van der Waals surface area contributed by atoms with Crippen LogP contribution in [0.25, 0.3) is 191 Å². The number of hydrogen-bond acceptors (Lipinski definition) is 4. The van der Waals surface area contributed by atoms with E-state index in [-0.39, 0.29) is 0 Å². The van der Waals surface area contributed by atoms with E-state index in [2.05, 4.69) is 508 Å². The highest BCUT2D eigenvalue weighted by molar-refractivity contribution is 7.10. The van der Waals surface area contributed by atoms with E-state index in [1.165, 1.54) is 191 Å². The van der Waals surface area contributed by atoms with Gasteiger partial charge in [0, 0.05) is 91.7 Å². The second-order valence-corrected chi connectivity index (χ2v) is 40.2. The van der Waals surface area contributed by atoms with Crippen molar-refractivity contribution in [3.8, 4) is 27.9 Å². The lowest BCUT2D eigenvalue weighted by atomic mass is 9.93. The molecule has 660 valence electrons.